The van der Waals surface area contributed by atoms with Gasteiger partial charge in [0.2, 0.25) is 0 Å². The summed E-state index contributed by atoms with van der Waals surface area (Å²) < 4.78 is 6.31. The fourth-order valence-electron chi connectivity index (χ4n) is 7.08. The maximum absolute atomic E-state index is 12.2. The zero-order valence-electron chi connectivity index (χ0n) is 33.3. The Bertz CT molecular complexity index is 2220. The van der Waals surface area contributed by atoms with Gasteiger partial charge in [0.1, 0.15) is 17.7 Å². The largest absolute Gasteiger partial charge is 0.512 e. The molecule has 0 saturated heterocycles. The van der Waals surface area contributed by atoms with E-state index >= 15 is 0 Å². The molecule has 0 aliphatic carbocycles. The van der Waals surface area contributed by atoms with E-state index in [0.29, 0.717) is 11.8 Å². The fraction of sp³-hybridized carbons (Fsp3) is 0.426. The smallest absolute Gasteiger partial charge is 0.164 e. The van der Waals surface area contributed by atoms with Crippen LogP contribution in [0.25, 0.3) is 54.9 Å². The summed E-state index contributed by atoms with van der Waals surface area (Å²) in [6.07, 6.45) is 8.54. The van der Waals surface area contributed by atoms with Crippen LogP contribution in [0.4, 0.5) is 0 Å². The summed E-state index contributed by atoms with van der Waals surface area (Å²) in [7, 11) is 0. The standard InChI is InChI=1S/C32H29N2O.C15H28O2.Ir/c1-19(2)14-21-16-22-12-13-26-30(33-18-34-31(26)29(22)23(17-21)15-20(3)4)27-10-7-9-25-24-8-5-6-11-28(24)35-32(25)27;1-7-14(5,8-2)12(16)11-13(17)15(6,9-3)10-4;/h5-9,11-13,16-20H,14-15H2,1-4H3;11,16H,7-10H2,1-6H3;/q-1;;/b;12-11-;. The molecule has 2 aromatic heterocycles. The number of carbonyl (C=O) groups is 1. The number of para-hydroxylation sites is 1. The summed E-state index contributed by atoms with van der Waals surface area (Å²) >= 11 is 0. The third kappa shape index (κ3) is 8.76. The van der Waals surface area contributed by atoms with Gasteiger partial charge in [0.25, 0.3) is 0 Å². The quantitative estimate of drug-likeness (QED) is 0.0573. The van der Waals surface area contributed by atoms with Gasteiger partial charge in [0, 0.05) is 53.5 Å². The number of benzene rings is 4. The second kappa shape index (κ2) is 17.5. The molecular weight excluding hydrogens is 833 g/mol. The van der Waals surface area contributed by atoms with E-state index < -0.39 is 0 Å². The number of ketones is 1. The minimum absolute atomic E-state index is 0. The van der Waals surface area contributed by atoms with Crippen LogP contribution in [0.1, 0.15) is 106 Å². The van der Waals surface area contributed by atoms with Crippen LogP contribution in [0.2, 0.25) is 0 Å². The maximum Gasteiger partial charge on any atom is 0.164 e. The number of aliphatic hydroxyl groups is 1. The van der Waals surface area contributed by atoms with Gasteiger partial charge in [-0.15, -0.1) is 18.2 Å². The van der Waals surface area contributed by atoms with Crippen LogP contribution < -0.4 is 0 Å². The van der Waals surface area contributed by atoms with E-state index in [4.69, 9.17) is 14.4 Å². The van der Waals surface area contributed by atoms with Gasteiger partial charge in [-0.2, -0.15) is 0 Å². The zero-order valence-corrected chi connectivity index (χ0v) is 35.7. The second-order valence-electron chi connectivity index (χ2n) is 15.9. The van der Waals surface area contributed by atoms with Crippen LogP contribution >= 0.6 is 0 Å². The van der Waals surface area contributed by atoms with Crippen LogP contribution in [-0.4, -0.2) is 20.9 Å². The molecule has 0 spiro atoms. The van der Waals surface area contributed by atoms with Gasteiger partial charge in [-0.05, 0) is 78.3 Å². The van der Waals surface area contributed by atoms with Crippen molar-refractivity contribution < 1.29 is 34.4 Å². The van der Waals surface area contributed by atoms with Gasteiger partial charge >= 0.3 is 0 Å². The molecule has 53 heavy (non-hydrogen) atoms. The normalized spacial score (nSPS) is 12.5. The average molecular weight is 890 g/mol. The van der Waals surface area contributed by atoms with E-state index in [2.05, 4.69) is 70.2 Å². The van der Waals surface area contributed by atoms with Crippen molar-refractivity contribution in [1.29, 1.82) is 0 Å². The Morgan fingerprint density at radius 1 is 0.830 bits per heavy atom. The third-order valence-electron chi connectivity index (χ3n) is 11.3. The molecule has 6 rings (SSSR count). The Morgan fingerprint density at radius 3 is 2.13 bits per heavy atom. The molecule has 4 aromatic carbocycles. The number of nitrogens with zero attached hydrogens (tertiary/aromatic N) is 2. The van der Waals surface area contributed by atoms with Gasteiger partial charge in [-0.25, -0.2) is 4.98 Å². The molecule has 2 heterocycles. The van der Waals surface area contributed by atoms with E-state index in [-0.39, 0.29) is 42.5 Å². The number of carbonyl (C=O) groups excluding carboxylic acids is 1. The summed E-state index contributed by atoms with van der Waals surface area (Å²) in [5.41, 5.74) is 6.62. The van der Waals surface area contributed by atoms with Gasteiger partial charge in [0.05, 0.1) is 11.1 Å². The molecule has 6 aromatic rings. The Kier molecular flexibility index (Phi) is 13.8. The molecule has 5 nitrogen and oxygen atoms in total. The molecule has 0 unspecified atom stereocenters. The first-order valence-corrected chi connectivity index (χ1v) is 19.3. The first-order valence-electron chi connectivity index (χ1n) is 19.3. The monoisotopic (exact) mass is 890 g/mol. The number of rotatable bonds is 12. The molecule has 283 valence electrons. The number of furan rings is 1. The molecule has 0 aliphatic heterocycles. The molecular formula is C47H57IrN2O3-. The van der Waals surface area contributed by atoms with Crippen molar-refractivity contribution in [3.05, 3.63) is 96.0 Å². The second-order valence-corrected chi connectivity index (χ2v) is 15.9. The van der Waals surface area contributed by atoms with Gasteiger partial charge in [0.15, 0.2) is 5.78 Å². The van der Waals surface area contributed by atoms with Crippen molar-refractivity contribution in [2.45, 2.75) is 108 Å². The number of aromatic nitrogens is 2. The summed E-state index contributed by atoms with van der Waals surface area (Å²) in [6.45, 7) is 21.2. The molecule has 6 heteroatoms. The topological polar surface area (TPSA) is 76.2 Å². The molecule has 0 aliphatic rings. The minimum Gasteiger partial charge on any atom is -0.512 e. The van der Waals surface area contributed by atoms with E-state index in [1.807, 2.05) is 65.8 Å². The average Bonchev–Trinajstić information content (AvgIpc) is 3.52. The SMILES string of the molecule is CC(C)Cc1cc(CC(C)C)c2c(ccc3c(-c4[c-]ccc5c4oc4ccccc45)ncnc32)c1.CCC(C)(CC)C(=O)/C=C(\O)C(C)(CC)CC.[Ir]. The van der Waals surface area contributed by atoms with E-state index in [0.717, 1.165) is 82.6 Å². The molecule has 0 saturated carbocycles. The van der Waals surface area contributed by atoms with Crippen LogP contribution in [0, 0.1) is 28.7 Å². The Morgan fingerprint density at radius 2 is 1.49 bits per heavy atom. The number of fused-ring (bicyclic) bond motifs is 6. The van der Waals surface area contributed by atoms with Crippen molar-refractivity contribution in [2.75, 3.05) is 0 Å². The molecule has 1 N–H and O–H groups in total. The van der Waals surface area contributed by atoms with Crippen LogP contribution in [0.5, 0.6) is 0 Å². The van der Waals surface area contributed by atoms with Crippen LogP contribution in [0.3, 0.4) is 0 Å². The van der Waals surface area contributed by atoms with Crippen molar-refractivity contribution >= 4 is 49.4 Å². The van der Waals surface area contributed by atoms with Crippen LogP contribution in [-0.2, 0) is 37.7 Å². The van der Waals surface area contributed by atoms with Crippen molar-refractivity contribution in [2.24, 2.45) is 22.7 Å². The van der Waals surface area contributed by atoms with E-state index in [1.54, 1.807) is 6.33 Å². The number of aliphatic hydroxyl groups excluding tert-OH is 1. The van der Waals surface area contributed by atoms with Crippen molar-refractivity contribution in [3.63, 3.8) is 0 Å². The predicted molar refractivity (Wildman–Crippen MR) is 219 cm³/mol. The van der Waals surface area contributed by atoms with E-state index in [9.17, 15) is 9.90 Å². The molecule has 0 amide bonds. The maximum atomic E-state index is 12.2. The minimum atomic E-state index is -0.337. The van der Waals surface area contributed by atoms with Gasteiger partial charge < -0.3 is 9.52 Å². The molecule has 0 atom stereocenters. The number of allylic oxidation sites excluding steroid dienone is 2. The number of hydrogen-bond acceptors (Lipinski definition) is 5. The summed E-state index contributed by atoms with van der Waals surface area (Å²) in [6, 6.07) is 24.8. The summed E-state index contributed by atoms with van der Waals surface area (Å²) in [5.74, 6) is 1.46. The Hall–Kier alpha value is -3.86. The first kappa shape index (κ1) is 41.9. The van der Waals surface area contributed by atoms with Crippen molar-refractivity contribution in [3.8, 4) is 11.3 Å². The van der Waals surface area contributed by atoms with Gasteiger partial charge in [-0.3, -0.25) is 9.78 Å². The van der Waals surface area contributed by atoms with E-state index in [1.165, 1.54) is 28.0 Å². The fourth-order valence-corrected chi connectivity index (χ4v) is 7.08. The molecule has 0 bridgehead atoms. The van der Waals surface area contributed by atoms with Gasteiger partial charge in [-0.1, -0.05) is 123 Å². The first-order chi connectivity index (χ1) is 24.8. The Balaban J connectivity index is 0.000000299. The predicted octanol–water partition coefficient (Wildman–Crippen LogP) is 13.2. The van der Waals surface area contributed by atoms with Crippen LogP contribution in [0.15, 0.2) is 83.2 Å². The molecule has 1 radical (unpaired) electrons. The zero-order chi connectivity index (χ0) is 37.8. The summed E-state index contributed by atoms with van der Waals surface area (Å²) in [5, 5.41) is 15.9. The third-order valence-corrected chi connectivity index (χ3v) is 11.3. The molecule has 0 fully saturated rings. The van der Waals surface area contributed by atoms with Crippen molar-refractivity contribution in [1.82, 2.24) is 9.97 Å². The number of hydrogen-bond donors (Lipinski definition) is 1. The summed E-state index contributed by atoms with van der Waals surface area (Å²) in [4.78, 5) is 21.8. The Labute approximate surface area is 330 Å².